The molecule has 0 spiro atoms. The summed E-state index contributed by atoms with van der Waals surface area (Å²) in [6, 6.07) is 0.305. The molecule has 3 rings (SSSR count). The van der Waals surface area contributed by atoms with Gasteiger partial charge in [-0.05, 0) is 35.2 Å². The van der Waals surface area contributed by atoms with Gasteiger partial charge in [0, 0.05) is 7.05 Å². The molecule has 2 bridgehead atoms. The van der Waals surface area contributed by atoms with Crippen LogP contribution in [0.15, 0.2) is 15.5 Å². The second kappa shape index (κ2) is 4.10. The van der Waals surface area contributed by atoms with Crippen molar-refractivity contribution < 1.29 is 4.74 Å². The molecule has 0 aromatic carbocycles. The molecule has 1 aromatic heterocycles. The van der Waals surface area contributed by atoms with Crippen LogP contribution in [0, 0.1) is 0 Å². The molecule has 1 N–H and O–H groups in total. The highest BCUT2D eigenvalue weighted by Crippen LogP contribution is 2.36. The predicted octanol–water partition coefficient (Wildman–Crippen LogP) is 1.27. The number of rotatable bonds is 2. The molecule has 2 fully saturated rings. The van der Waals surface area contributed by atoms with Crippen LogP contribution in [0.3, 0.4) is 0 Å². The van der Waals surface area contributed by atoms with Gasteiger partial charge in [0.25, 0.3) is 5.56 Å². The Labute approximate surface area is 107 Å². The van der Waals surface area contributed by atoms with Crippen molar-refractivity contribution in [3.63, 3.8) is 0 Å². The van der Waals surface area contributed by atoms with E-state index in [1.807, 2.05) is 0 Å². The van der Waals surface area contributed by atoms with Crippen molar-refractivity contribution in [2.75, 3.05) is 5.32 Å². The molecule has 3 unspecified atom stereocenters. The Morgan fingerprint density at radius 3 is 3.06 bits per heavy atom. The van der Waals surface area contributed by atoms with Crippen molar-refractivity contribution >= 4 is 21.6 Å². The number of ether oxygens (including phenoxy) is 1. The number of hydrogen-bond acceptors (Lipinski definition) is 4. The molecule has 0 saturated carbocycles. The maximum atomic E-state index is 11.7. The minimum Gasteiger partial charge on any atom is -0.377 e. The van der Waals surface area contributed by atoms with Gasteiger partial charge in [-0.1, -0.05) is 0 Å². The molecule has 0 aliphatic carbocycles. The maximum Gasteiger partial charge on any atom is 0.282 e. The first kappa shape index (κ1) is 11.2. The molecule has 0 amide bonds. The van der Waals surface area contributed by atoms with E-state index in [1.165, 1.54) is 11.1 Å². The van der Waals surface area contributed by atoms with E-state index < -0.39 is 0 Å². The summed E-state index contributed by atoms with van der Waals surface area (Å²) in [6.07, 6.45) is 5.66. The lowest BCUT2D eigenvalue weighted by molar-refractivity contribution is 0.102. The minimum atomic E-state index is -0.126. The molecule has 2 aliphatic rings. The molecular weight excluding hydrogens is 286 g/mol. The number of anilines is 1. The van der Waals surface area contributed by atoms with Crippen LogP contribution in [0.4, 0.5) is 5.69 Å². The summed E-state index contributed by atoms with van der Waals surface area (Å²) >= 11 is 3.31. The van der Waals surface area contributed by atoms with Gasteiger partial charge in [-0.2, -0.15) is 5.10 Å². The monoisotopic (exact) mass is 299 g/mol. The van der Waals surface area contributed by atoms with Crippen molar-refractivity contribution in [3.8, 4) is 0 Å². The SMILES string of the molecule is Cn1ncc(NC2CC3CCC2O3)c(Br)c1=O. The summed E-state index contributed by atoms with van der Waals surface area (Å²) < 4.78 is 7.62. The number of aromatic nitrogens is 2. The van der Waals surface area contributed by atoms with Crippen molar-refractivity contribution in [2.24, 2.45) is 7.05 Å². The Morgan fingerprint density at radius 1 is 1.59 bits per heavy atom. The van der Waals surface area contributed by atoms with Crippen molar-refractivity contribution in [1.29, 1.82) is 0 Å². The van der Waals surface area contributed by atoms with Crippen LogP contribution < -0.4 is 10.9 Å². The third-order valence-electron chi connectivity index (χ3n) is 3.53. The summed E-state index contributed by atoms with van der Waals surface area (Å²) in [7, 11) is 1.64. The zero-order valence-corrected chi connectivity index (χ0v) is 11.1. The van der Waals surface area contributed by atoms with E-state index in [1.54, 1.807) is 13.2 Å². The average Bonchev–Trinajstić information content (AvgIpc) is 2.92. The highest BCUT2D eigenvalue weighted by Gasteiger charge is 2.40. The van der Waals surface area contributed by atoms with Crippen LogP contribution in [0.25, 0.3) is 0 Å². The van der Waals surface area contributed by atoms with E-state index in [2.05, 4.69) is 26.3 Å². The van der Waals surface area contributed by atoms with Crippen molar-refractivity contribution in [1.82, 2.24) is 9.78 Å². The number of nitrogens with one attached hydrogen (secondary N) is 1. The number of hydrogen-bond donors (Lipinski definition) is 1. The van der Waals surface area contributed by atoms with E-state index in [0.29, 0.717) is 16.6 Å². The first-order valence-corrected chi connectivity index (χ1v) is 6.58. The first-order chi connectivity index (χ1) is 8.15. The van der Waals surface area contributed by atoms with Gasteiger partial charge in [-0.15, -0.1) is 0 Å². The topological polar surface area (TPSA) is 56.1 Å². The Bertz CT molecular complexity index is 502. The average molecular weight is 300 g/mol. The van der Waals surface area contributed by atoms with Gasteiger partial charge in [-0.25, -0.2) is 4.68 Å². The Hall–Kier alpha value is -0.880. The van der Waals surface area contributed by atoms with Crippen LogP contribution in [-0.4, -0.2) is 28.0 Å². The third kappa shape index (κ3) is 1.89. The van der Waals surface area contributed by atoms with Crippen LogP contribution in [0.1, 0.15) is 19.3 Å². The van der Waals surface area contributed by atoms with Gasteiger partial charge >= 0.3 is 0 Å². The normalized spacial score (nSPS) is 30.8. The highest BCUT2D eigenvalue weighted by atomic mass is 79.9. The Kier molecular flexibility index (Phi) is 2.71. The van der Waals surface area contributed by atoms with Crippen molar-refractivity contribution in [2.45, 2.75) is 37.5 Å². The van der Waals surface area contributed by atoms with E-state index in [0.717, 1.165) is 18.5 Å². The largest absolute Gasteiger partial charge is 0.377 e. The smallest absolute Gasteiger partial charge is 0.282 e. The number of fused-ring (bicyclic) bond motifs is 2. The predicted molar refractivity (Wildman–Crippen MR) is 67.1 cm³/mol. The summed E-state index contributed by atoms with van der Waals surface area (Å²) in [4.78, 5) is 11.7. The van der Waals surface area contributed by atoms with E-state index in [4.69, 9.17) is 4.74 Å². The molecule has 3 atom stereocenters. The molecule has 1 aromatic rings. The van der Waals surface area contributed by atoms with E-state index in [-0.39, 0.29) is 11.7 Å². The minimum absolute atomic E-state index is 0.126. The van der Waals surface area contributed by atoms with Gasteiger partial charge < -0.3 is 10.1 Å². The second-order valence-electron chi connectivity index (χ2n) is 4.66. The standard InChI is InChI=1S/C11H14BrN3O2/c1-15-11(16)10(12)8(5-13-15)14-7-4-6-2-3-9(7)17-6/h5-7,9,14H,2-4H2,1H3. The summed E-state index contributed by atoms with van der Waals surface area (Å²) in [6.45, 7) is 0. The second-order valence-corrected chi connectivity index (χ2v) is 5.45. The van der Waals surface area contributed by atoms with Gasteiger partial charge in [0.1, 0.15) is 4.47 Å². The Morgan fingerprint density at radius 2 is 2.41 bits per heavy atom. The lowest BCUT2D eigenvalue weighted by Gasteiger charge is -2.21. The van der Waals surface area contributed by atoms with Gasteiger partial charge in [0.05, 0.1) is 30.1 Å². The van der Waals surface area contributed by atoms with Crippen LogP contribution in [-0.2, 0) is 11.8 Å². The lowest BCUT2D eigenvalue weighted by atomic mass is 9.95. The zero-order chi connectivity index (χ0) is 12.0. The molecule has 2 saturated heterocycles. The molecule has 92 valence electrons. The van der Waals surface area contributed by atoms with Crippen LogP contribution >= 0.6 is 15.9 Å². The molecule has 6 heteroatoms. The number of aryl methyl sites for hydroxylation is 1. The van der Waals surface area contributed by atoms with Crippen LogP contribution in [0.2, 0.25) is 0 Å². The molecule has 5 nitrogen and oxygen atoms in total. The zero-order valence-electron chi connectivity index (χ0n) is 9.52. The fourth-order valence-electron chi connectivity index (χ4n) is 2.60. The van der Waals surface area contributed by atoms with Gasteiger partial charge in [0.15, 0.2) is 0 Å². The first-order valence-electron chi connectivity index (χ1n) is 5.79. The fourth-order valence-corrected chi connectivity index (χ4v) is 3.07. The fraction of sp³-hybridized carbons (Fsp3) is 0.636. The lowest BCUT2D eigenvalue weighted by Crippen LogP contribution is -2.32. The van der Waals surface area contributed by atoms with Gasteiger partial charge in [-0.3, -0.25) is 4.79 Å². The molecule has 0 radical (unpaired) electrons. The quantitative estimate of drug-likeness (QED) is 0.894. The summed E-state index contributed by atoms with van der Waals surface area (Å²) in [5.41, 5.74) is 0.633. The van der Waals surface area contributed by atoms with Gasteiger partial charge in [0.2, 0.25) is 0 Å². The van der Waals surface area contributed by atoms with Crippen LogP contribution in [0.5, 0.6) is 0 Å². The molecule has 2 aliphatic heterocycles. The molecule has 17 heavy (non-hydrogen) atoms. The highest BCUT2D eigenvalue weighted by molar-refractivity contribution is 9.10. The number of halogens is 1. The summed E-state index contributed by atoms with van der Waals surface area (Å²) in [5.74, 6) is 0. The third-order valence-corrected chi connectivity index (χ3v) is 4.29. The van der Waals surface area contributed by atoms with Crippen molar-refractivity contribution in [3.05, 3.63) is 21.0 Å². The molecule has 3 heterocycles. The summed E-state index contributed by atoms with van der Waals surface area (Å²) in [5, 5.41) is 7.38. The molecular formula is C11H14BrN3O2. The van der Waals surface area contributed by atoms with E-state index in [9.17, 15) is 4.79 Å². The maximum absolute atomic E-state index is 11.7. The Balaban J connectivity index is 1.82. The number of nitrogens with zero attached hydrogens (tertiary/aromatic N) is 2. The van der Waals surface area contributed by atoms with E-state index >= 15 is 0 Å².